The van der Waals surface area contributed by atoms with Gasteiger partial charge in [0.05, 0.1) is 14.2 Å². The maximum atomic E-state index is 12.3. The molecule has 1 aliphatic heterocycles. The van der Waals surface area contributed by atoms with Gasteiger partial charge in [0.1, 0.15) is 0 Å². The Labute approximate surface area is 124 Å². The van der Waals surface area contributed by atoms with E-state index in [-0.39, 0.29) is 11.8 Å². The van der Waals surface area contributed by atoms with E-state index >= 15 is 0 Å². The van der Waals surface area contributed by atoms with Crippen LogP contribution in [0.25, 0.3) is 0 Å². The number of oxime groups is 1. The third kappa shape index (κ3) is 2.85. The molecular formula is C12H15IN2O2S. The van der Waals surface area contributed by atoms with E-state index in [0.29, 0.717) is 19.5 Å². The molecule has 1 aliphatic rings. The van der Waals surface area contributed by atoms with Crippen molar-refractivity contribution in [2.75, 3.05) is 13.1 Å². The van der Waals surface area contributed by atoms with Gasteiger partial charge in [0.15, 0.2) is 0 Å². The van der Waals surface area contributed by atoms with Crippen molar-refractivity contribution in [2.24, 2.45) is 11.1 Å². The summed E-state index contributed by atoms with van der Waals surface area (Å²) in [6.45, 7) is 3.35. The summed E-state index contributed by atoms with van der Waals surface area (Å²) in [7, 11) is 0. The summed E-state index contributed by atoms with van der Waals surface area (Å²) < 4.78 is 1.12. The number of rotatable bonds is 2. The minimum atomic E-state index is 0.0876. The van der Waals surface area contributed by atoms with Crippen LogP contribution in [-0.2, 0) is 0 Å². The van der Waals surface area contributed by atoms with Crippen LogP contribution in [0.2, 0.25) is 0 Å². The molecule has 0 radical (unpaired) electrons. The number of likely N-dealkylation sites (tertiary alicyclic amines) is 1. The van der Waals surface area contributed by atoms with Crippen LogP contribution in [0.5, 0.6) is 0 Å². The molecule has 18 heavy (non-hydrogen) atoms. The molecule has 1 aromatic heterocycles. The molecule has 2 heterocycles. The van der Waals surface area contributed by atoms with Gasteiger partial charge in [0, 0.05) is 30.8 Å². The molecular weight excluding hydrogens is 363 g/mol. The third-order valence-corrected chi connectivity index (χ3v) is 5.06. The fraction of sp³-hybridized carbons (Fsp3) is 0.500. The van der Waals surface area contributed by atoms with Crippen LogP contribution in [0.1, 0.15) is 30.1 Å². The Balaban J connectivity index is 2.09. The Hall–Kier alpha value is -0.630. The second-order valence-electron chi connectivity index (χ2n) is 4.34. The van der Waals surface area contributed by atoms with E-state index in [0.717, 1.165) is 20.6 Å². The van der Waals surface area contributed by atoms with Crippen LogP contribution >= 0.6 is 33.9 Å². The first-order valence-electron chi connectivity index (χ1n) is 5.89. The average molecular weight is 378 g/mol. The predicted molar refractivity (Wildman–Crippen MR) is 80.6 cm³/mol. The monoisotopic (exact) mass is 378 g/mol. The van der Waals surface area contributed by atoms with E-state index in [1.807, 2.05) is 16.3 Å². The molecule has 1 fully saturated rings. The van der Waals surface area contributed by atoms with Gasteiger partial charge in [-0.3, -0.25) is 4.79 Å². The zero-order valence-electron chi connectivity index (χ0n) is 10.1. The zero-order valence-corrected chi connectivity index (χ0v) is 13.1. The van der Waals surface area contributed by atoms with Gasteiger partial charge in [-0.15, -0.1) is 11.3 Å². The fourth-order valence-electron chi connectivity index (χ4n) is 2.20. The smallest absolute Gasteiger partial charge is 0.254 e. The number of thiophene rings is 1. The number of hydrogen-bond donors (Lipinski definition) is 1. The molecule has 1 saturated heterocycles. The quantitative estimate of drug-likeness (QED) is 0.489. The van der Waals surface area contributed by atoms with E-state index in [2.05, 4.69) is 34.7 Å². The van der Waals surface area contributed by atoms with Gasteiger partial charge < -0.3 is 10.1 Å². The van der Waals surface area contributed by atoms with E-state index in [1.165, 1.54) is 0 Å². The maximum absolute atomic E-state index is 12.3. The molecule has 0 bridgehead atoms. The average Bonchev–Trinajstić information content (AvgIpc) is 2.83. The van der Waals surface area contributed by atoms with Gasteiger partial charge in [-0.1, -0.05) is 12.1 Å². The summed E-state index contributed by atoms with van der Waals surface area (Å²) >= 11 is 3.80. The molecule has 0 aromatic carbocycles. The summed E-state index contributed by atoms with van der Waals surface area (Å²) in [6.07, 6.45) is 1.56. The summed E-state index contributed by atoms with van der Waals surface area (Å²) in [4.78, 5) is 14.2. The number of carbonyl (C=O) groups is 1. The first-order chi connectivity index (χ1) is 8.65. The molecule has 0 saturated carbocycles. The van der Waals surface area contributed by atoms with Crippen LogP contribution in [0, 0.1) is 8.80 Å². The molecule has 1 N–H and O–H groups in total. The van der Waals surface area contributed by atoms with Gasteiger partial charge in [-0.05, 0) is 35.1 Å². The van der Waals surface area contributed by atoms with Crippen molar-refractivity contribution in [3.63, 3.8) is 0 Å². The first kappa shape index (κ1) is 13.8. The van der Waals surface area contributed by atoms with Crippen molar-refractivity contribution in [2.45, 2.75) is 19.8 Å². The molecule has 4 nitrogen and oxygen atoms in total. The highest BCUT2D eigenvalue weighted by Gasteiger charge is 2.28. The Morgan fingerprint density at radius 2 is 2.50 bits per heavy atom. The number of halogens is 1. The topological polar surface area (TPSA) is 52.9 Å². The Morgan fingerprint density at radius 3 is 3.06 bits per heavy atom. The molecule has 1 aromatic rings. The summed E-state index contributed by atoms with van der Waals surface area (Å²) in [5, 5.41) is 14.2. The highest BCUT2D eigenvalue weighted by Crippen LogP contribution is 2.22. The predicted octanol–water partition coefficient (Wildman–Crippen LogP) is 3.06. The van der Waals surface area contributed by atoms with Crippen molar-refractivity contribution in [3.8, 4) is 0 Å². The number of piperidine rings is 1. The minimum Gasteiger partial charge on any atom is -0.411 e. The van der Waals surface area contributed by atoms with Gasteiger partial charge in [0.2, 0.25) is 0 Å². The standard InChI is InChI=1S/C12H15IN2O2S/c1-2-8-6-15(4-3-10(8)14-17)12(16)9-5-11(13)18-7-9/h5,7-8,17H,2-4,6H2,1H3. The van der Waals surface area contributed by atoms with Crippen LogP contribution in [0.15, 0.2) is 16.6 Å². The summed E-state index contributed by atoms with van der Waals surface area (Å²) in [6, 6.07) is 1.92. The maximum Gasteiger partial charge on any atom is 0.254 e. The van der Waals surface area contributed by atoms with E-state index in [9.17, 15) is 4.79 Å². The largest absolute Gasteiger partial charge is 0.411 e. The lowest BCUT2D eigenvalue weighted by atomic mass is 9.93. The highest BCUT2D eigenvalue weighted by molar-refractivity contribution is 14.1. The first-order valence-corrected chi connectivity index (χ1v) is 7.85. The van der Waals surface area contributed by atoms with Crippen LogP contribution in [-0.4, -0.2) is 34.8 Å². The molecule has 1 unspecified atom stereocenters. The van der Waals surface area contributed by atoms with E-state index in [1.54, 1.807) is 11.3 Å². The molecule has 0 aliphatic carbocycles. The SMILES string of the molecule is CCC1CN(C(=O)c2csc(I)c2)CCC1=NO. The van der Waals surface area contributed by atoms with Gasteiger partial charge in [-0.2, -0.15) is 0 Å². The van der Waals surface area contributed by atoms with Crippen molar-refractivity contribution in [1.29, 1.82) is 0 Å². The van der Waals surface area contributed by atoms with Gasteiger partial charge in [-0.25, -0.2) is 0 Å². The molecule has 1 amide bonds. The van der Waals surface area contributed by atoms with Gasteiger partial charge in [0.25, 0.3) is 5.91 Å². The Kier molecular flexibility index (Phi) is 4.60. The zero-order chi connectivity index (χ0) is 13.1. The Bertz CT molecular complexity index is 472. The molecule has 0 spiro atoms. The van der Waals surface area contributed by atoms with Crippen molar-refractivity contribution in [1.82, 2.24) is 4.90 Å². The number of hydrogen-bond acceptors (Lipinski definition) is 4. The lowest BCUT2D eigenvalue weighted by Crippen LogP contribution is -2.43. The highest BCUT2D eigenvalue weighted by atomic mass is 127. The van der Waals surface area contributed by atoms with E-state index < -0.39 is 0 Å². The second kappa shape index (κ2) is 6.01. The molecule has 6 heteroatoms. The van der Waals surface area contributed by atoms with Crippen molar-refractivity contribution < 1.29 is 10.0 Å². The normalized spacial score (nSPS) is 22.4. The summed E-state index contributed by atoms with van der Waals surface area (Å²) in [5.41, 5.74) is 1.59. The van der Waals surface area contributed by atoms with Crippen molar-refractivity contribution >= 4 is 45.5 Å². The van der Waals surface area contributed by atoms with Crippen molar-refractivity contribution in [3.05, 3.63) is 19.9 Å². The second-order valence-corrected chi connectivity index (χ2v) is 7.14. The van der Waals surface area contributed by atoms with Crippen LogP contribution in [0.3, 0.4) is 0 Å². The van der Waals surface area contributed by atoms with Crippen LogP contribution < -0.4 is 0 Å². The lowest BCUT2D eigenvalue weighted by molar-refractivity contribution is 0.0729. The number of amides is 1. The summed E-state index contributed by atoms with van der Waals surface area (Å²) in [5.74, 6) is 0.273. The molecule has 2 rings (SSSR count). The minimum absolute atomic E-state index is 0.0876. The third-order valence-electron chi connectivity index (χ3n) is 3.27. The van der Waals surface area contributed by atoms with E-state index in [4.69, 9.17) is 5.21 Å². The molecule has 1 atom stereocenters. The van der Waals surface area contributed by atoms with Gasteiger partial charge >= 0.3 is 0 Å². The Morgan fingerprint density at radius 1 is 1.72 bits per heavy atom. The number of carbonyl (C=O) groups excluding carboxylic acids is 1. The molecule has 98 valence electrons. The van der Waals surface area contributed by atoms with Crippen LogP contribution in [0.4, 0.5) is 0 Å². The fourth-order valence-corrected chi connectivity index (χ4v) is 3.52. The lowest BCUT2D eigenvalue weighted by Gasteiger charge is -2.32. The number of nitrogens with zero attached hydrogens (tertiary/aromatic N) is 2.